The van der Waals surface area contributed by atoms with Crippen molar-refractivity contribution in [1.29, 1.82) is 0 Å². The van der Waals surface area contributed by atoms with Crippen LogP contribution in [0, 0.1) is 5.41 Å². The summed E-state index contributed by atoms with van der Waals surface area (Å²) in [6, 6.07) is 1.47. The monoisotopic (exact) mass is 154 g/mol. The van der Waals surface area contributed by atoms with E-state index in [1.807, 2.05) is 0 Å². The first-order valence-corrected chi connectivity index (χ1v) is 4.73. The largest absolute Gasteiger partial charge is 0.315 e. The van der Waals surface area contributed by atoms with Gasteiger partial charge in [0, 0.05) is 18.6 Å². The van der Waals surface area contributed by atoms with E-state index >= 15 is 0 Å². The minimum atomic E-state index is 0.662. The Bertz CT molecular complexity index is 152. The van der Waals surface area contributed by atoms with E-state index in [0.717, 1.165) is 12.1 Å². The third-order valence-corrected chi connectivity index (χ3v) is 3.42. The van der Waals surface area contributed by atoms with Gasteiger partial charge in [0.15, 0.2) is 0 Å². The number of likely N-dealkylation sites (N-methyl/N-ethyl adjacent to an activating group) is 1. The zero-order chi connectivity index (χ0) is 7.90. The van der Waals surface area contributed by atoms with Crippen LogP contribution in [0.5, 0.6) is 0 Å². The lowest BCUT2D eigenvalue weighted by Crippen LogP contribution is -2.41. The van der Waals surface area contributed by atoms with Crippen LogP contribution in [0.2, 0.25) is 0 Å². The second-order valence-corrected chi connectivity index (χ2v) is 4.02. The van der Waals surface area contributed by atoms with Gasteiger partial charge in [-0.1, -0.05) is 6.92 Å². The Morgan fingerprint density at radius 3 is 2.73 bits per heavy atom. The van der Waals surface area contributed by atoms with Crippen LogP contribution >= 0.6 is 0 Å². The summed E-state index contributed by atoms with van der Waals surface area (Å²) in [7, 11) is 2.10. The normalized spacial score (nSPS) is 39.8. The molecule has 64 valence electrons. The molecule has 0 radical (unpaired) electrons. The third-order valence-electron chi connectivity index (χ3n) is 3.42. The highest BCUT2D eigenvalue weighted by atomic mass is 15.1. The Hall–Kier alpha value is -0.0800. The van der Waals surface area contributed by atoms with Crippen molar-refractivity contribution in [2.75, 3.05) is 13.6 Å². The van der Waals surface area contributed by atoms with Crippen molar-refractivity contribution in [3.05, 3.63) is 0 Å². The van der Waals surface area contributed by atoms with Gasteiger partial charge in [0.2, 0.25) is 0 Å². The highest BCUT2D eigenvalue weighted by molar-refractivity contribution is 5.12. The van der Waals surface area contributed by atoms with Crippen LogP contribution in [-0.4, -0.2) is 25.7 Å². The maximum atomic E-state index is 3.60. The van der Waals surface area contributed by atoms with Gasteiger partial charge < -0.3 is 10.6 Å². The predicted octanol–water partition coefficient (Wildman–Crippen LogP) is 0.736. The molecule has 2 fully saturated rings. The summed E-state index contributed by atoms with van der Waals surface area (Å²) in [5, 5.41) is 7.05. The lowest BCUT2D eigenvalue weighted by Gasteiger charge is -2.21. The highest BCUT2D eigenvalue weighted by Crippen LogP contribution is 2.52. The van der Waals surface area contributed by atoms with Gasteiger partial charge in [0.25, 0.3) is 0 Å². The maximum Gasteiger partial charge on any atom is 0.0286 e. The van der Waals surface area contributed by atoms with Crippen molar-refractivity contribution >= 4 is 0 Å². The zero-order valence-corrected chi connectivity index (χ0v) is 7.48. The fourth-order valence-corrected chi connectivity index (χ4v) is 2.52. The van der Waals surface area contributed by atoms with Crippen molar-refractivity contribution in [2.24, 2.45) is 5.41 Å². The lowest BCUT2D eigenvalue weighted by atomic mass is 9.95. The Balaban J connectivity index is 2.06. The van der Waals surface area contributed by atoms with E-state index in [1.54, 1.807) is 0 Å². The molecule has 2 nitrogen and oxygen atoms in total. The second-order valence-electron chi connectivity index (χ2n) is 4.02. The summed E-state index contributed by atoms with van der Waals surface area (Å²) in [5.41, 5.74) is 0.662. The summed E-state index contributed by atoms with van der Waals surface area (Å²) in [6.45, 7) is 3.51. The molecule has 1 aliphatic carbocycles. The molecular formula is C9H18N2. The molecule has 2 N–H and O–H groups in total. The van der Waals surface area contributed by atoms with Crippen molar-refractivity contribution in [1.82, 2.24) is 10.6 Å². The van der Waals surface area contributed by atoms with Crippen LogP contribution in [-0.2, 0) is 0 Å². The molecule has 0 amide bonds. The zero-order valence-electron chi connectivity index (χ0n) is 7.48. The first-order valence-electron chi connectivity index (χ1n) is 4.73. The van der Waals surface area contributed by atoms with Crippen molar-refractivity contribution < 1.29 is 0 Å². The number of nitrogens with one attached hydrogen (secondary N) is 2. The van der Waals surface area contributed by atoms with Crippen LogP contribution < -0.4 is 10.6 Å². The summed E-state index contributed by atoms with van der Waals surface area (Å²) in [6.07, 6.45) is 4.12. The summed E-state index contributed by atoms with van der Waals surface area (Å²) < 4.78 is 0. The smallest absolute Gasteiger partial charge is 0.0286 e. The molecule has 1 heterocycles. The third kappa shape index (κ3) is 1.00. The summed E-state index contributed by atoms with van der Waals surface area (Å²) in [5.74, 6) is 0. The molecule has 1 saturated carbocycles. The van der Waals surface area contributed by atoms with Crippen LogP contribution in [0.4, 0.5) is 0 Å². The standard InChI is InChI=1S/C9H18N2/c1-3-7-8(10-2)9(4-5-9)6-11-7/h7-8,10-11H,3-6H2,1-2H3. The minimum absolute atomic E-state index is 0.662. The number of hydrogen-bond donors (Lipinski definition) is 2. The highest BCUT2D eigenvalue weighted by Gasteiger charge is 2.54. The van der Waals surface area contributed by atoms with Gasteiger partial charge in [-0.3, -0.25) is 0 Å². The molecule has 2 atom stereocenters. The molecule has 0 aromatic heterocycles. The number of hydrogen-bond acceptors (Lipinski definition) is 2. The molecule has 1 spiro atoms. The van der Waals surface area contributed by atoms with E-state index in [0.29, 0.717) is 5.41 Å². The first-order chi connectivity index (χ1) is 5.32. The molecule has 1 aliphatic heterocycles. The topological polar surface area (TPSA) is 24.1 Å². The Labute approximate surface area is 68.7 Å². The average Bonchev–Trinajstić information content (AvgIpc) is 2.67. The van der Waals surface area contributed by atoms with Crippen molar-refractivity contribution in [3.63, 3.8) is 0 Å². The first kappa shape index (κ1) is 7.56. The second kappa shape index (κ2) is 2.46. The van der Waals surface area contributed by atoms with E-state index in [9.17, 15) is 0 Å². The van der Waals surface area contributed by atoms with E-state index in [1.165, 1.54) is 25.8 Å². The molecule has 0 aromatic carbocycles. The van der Waals surface area contributed by atoms with Gasteiger partial charge in [-0.25, -0.2) is 0 Å². The molecular weight excluding hydrogens is 136 g/mol. The lowest BCUT2D eigenvalue weighted by molar-refractivity contribution is 0.383. The van der Waals surface area contributed by atoms with Crippen LogP contribution in [0.3, 0.4) is 0 Å². The van der Waals surface area contributed by atoms with Crippen molar-refractivity contribution in [3.8, 4) is 0 Å². The molecule has 1 saturated heterocycles. The molecule has 0 aromatic rings. The Morgan fingerprint density at radius 1 is 1.55 bits per heavy atom. The van der Waals surface area contributed by atoms with E-state index in [-0.39, 0.29) is 0 Å². The minimum Gasteiger partial charge on any atom is -0.315 e. The van der Waals surface area contributed by atoms with E-state index in [4.69, 9.17) is 0 Å². The fraction of sp³-hybridized carbons (Fsp3) is 1.00. The molecule has 0 bridgehead atoms. The predicted molar refractivity (Wildman–Crippen MR) is 46.6 cm³/mol. The molecule has 2 heteroatoms. The van der Waals surface area contributed by atoms with Crippen LogP contribution in [0.25, 0.3) is 0 Å². The SMILES string of the molecule is CCC1NCC2(CC2)C1NC. The molecule has 2 aliphatic rings. The van der Waals surface area contributed by atoms with Gasteiger partial charge >= 0.3 is 0 Å². The summed E-state index contributed by atoms with van der Waals surface area (Å²) >= 11 is 0. The van der Waals surface area contributed by atoms with Gasteiger partial charge in [-0.05, 0) is 31.7 Å². The van der Waals surface area contributed by atoms with Gasteiger partial charge in [0.05, 0.1) is 0 Å². The Kier molecular flexibility index (Phi) is 1.69. The van der Waals surface area contributed by atoms with Gasteiger partial charge in [-0.2, -0.15) is 0 Å². The van der Waals surface area contributed by atoms with Gasteiger partial charge in [0.1, 0.15) is 0 Å². The quantitative estimate of drug-likeness (QED) is 0.613. The van der Waals surface area contributed by atoms with Crippen LogP contribution in [0.1, 0.15) is 26.2 Å². The number of rotatable bonds is 2. The van der Waals surface area contributed by atoms with Gasteiger partial charge in [-0.15, -0.1) is 0 Å². The Morgan fingerprint density at radius 2 is 2.27 bits per heavy atom. The van der Waals surface area contributed by atoms with E-state index < -0.39 is 0 Å². The molecule has 2 unspecified atom stereocenters. The fourth-order valence-electron chi connectivity index (χ4n) is 2.52. The summed E-state index contributed by atoms with van der Waals surface area (Å²) in [4.78, 5) is 0. The average molecular weight is 154 g/mol. The maximum absolute atomic E-state index is 3.60. The van der Waals surface area contributed by atoms with E-state index in [2.05, 4.69) is 24.6 Å². The molecule has 2 rings (SSSR count). The van der Waals surface area contributed by atoms with Crippen LogP contribution in [0.15, 0.2) is 0 Å². The molecule has 11 heavy (non-hydrogen) atoms. The van der Waals surface area contributed by atoms with Crippen molar-refractivity contribution in [2.45, 2.75) is 38.3 Å².